The SMILES string of the molecule is CC(C)(C)OC(=O)NCC(=O)N1CCC[C@H](NC(=O)OC(C)(C)C)C1. The Morgan fingerprint density at radius 1 is 1.00 bits per heavy atom. The summed E-state index contributed by atoms with van der Waals surface area (Å²) in [7, 11) is 0. The Morgan fingerprint density at radius 2 is 1.56 bits per heavy atom. The molecule has 0 aromatic carbocycles. The number of rotatable bonds is 3. The maximum Gasteiger partial charge on any atom is 0.408 e. The number of amides is 3. The molecule has 3 amide bonds. The van der Waals surface area contributed by atoms with Crippen LogP contribution in [0.4, 0.5) is 9.59 Å². The van der Waals surface area contributed by atoms with Gasteiger partial charge in [-0.05, 0) is 54.4 Å². The number of hydrogen-bond donors (Lipinski definition) is 2. The Labute approximate surface area is 149 Å². The minimum Gasteiger partial charge on any atom is -0.444 e. The van der Waals surface area contributed by atoms with Crippen LogP contribution in [-0.4, -0.2) is 59.9 Å². The van der Waals surface area contributed by atoms with Crippen LogP contribution in [0, 0.1) is 0 Å². The van der Waals surface area contributed by atoms with Crippen LogP contribution in [0.25, 0.3) is 0 Å². The van der Waals surface area contributed by atoms with Gasteiger partial charge in [0.1, 0.15) is 17.7 Å². The molecule has 1 aliphatic rings. The highest BCUT2D eigenvalue weighted by molar-refractivity contribution is 5.82. The van der Waals surface area contributed by atoms with Gasteiger partial charge in [-0.3, -0.25) is 4.79 Å². The molecular weight excluding hydrogens is 326 g/mol. The highest BCUT2D eigenvalue weighted by atomic mass is 16.6. The molecule has 1 fully saturated rings. The monoisotopic (exact) mass is 357 g/mol. The number of likely N-dealkylation sites (tertiary alicyclic amines) is 1. The van der Waals surface area contributed by atoms with Crippen molar-refractivity contribution >= 4 is 18.1 Å². The molecule has 1 heterocycles. The molecule has 1 atom stereocenters. The Bertz CT molecular complexity index is 493. The van der Waals surface area contributed by atoms with E-state index in [4.69, 9.17) is 9.47 Å². The van der Waals surface area contributed by atoms with Crippen LogP contribution >= 0.6 is 0 Å². The number of hydrogen-bond acceptors (Lipinski definition) is 5. The average Bonchev–Trinajstić information content (AvgIpc) is 2.41. The van der Waals surface area contributed by atoms with Crippen molar-refractivity contribution in [1.82, 2.24) is 15.5 Å². The molecular formula is C17H31N3O5. The largest absolute Gasteiger partial charge is 0.444 e. The lowest BCUT2D eigenvalue weighted by Crippen LogP contribution is -2.52. The normalized spacial score (nSPS) is 18.3. The van der Waals surface area contributed by atoms with Gasteiger partial charge in [0.25, 0.3) is 0 Å². The van der Waals surface area contributed by atoms with E-state index in [1.54, 1.807) is 46.4 Å². The van der Waals surface area contributed by atoms with Gasteiger partial charge < -0.3 is 25.0 Å². The molecule has 0 aromatic rings. The summed E-state index contributed by atoms with van der Waals surface area (Å²) >= 11 is 0. The summed E-state index contributed by atoms with van der Waals surface area (Å²) in [5.74, 6) is -0.207. The van der Waals surface area contributed by atoms with Gasteiger partial charge in [0, 0.05) is 19.1 Å². The summed E-state index contributed by atoms with van der Waals surface area (Å²) in [5.41, 5.74) is -1.17. The summed E-state index contributed by atoms with van der Waals surface area (Å²) in [5, 5.41) is 5.25. The second kappa shape index (κ2) is 8.40. The van der Waals surface area contributed by atoms with Crippen LogP contribution in [-0.2, 0) is 14.3 Å². The molecule has 0 aliphatic carbocycles. The van der Waals surface area contributed by atoms with Gasteiger partial charge in [-0.15, -0.1) is 0 Å². The summed E-state index contributed by atoms with van der Waals surface area (Å²) in [4.78, 5) is 37.3. The van der Waals surface area contributed by atoms with Crippen molar-refractivity contribution in [2.45, 2.75) is 71.6 Å². The van der Waals surface area contributed by atoms with Gasteiger partial charge in [0.2, 0.25) is 5.91 Å². The molecule has 2 N–H and O–H groups in total. The van der Waals surface area contributed by atoms with E-state index in [9.17, 15) is 14.4 Å². The van der Waals surface area contributed by atoms with E-state index < -0.39 is 23.4 Å². The molecule has 8 heteroatoms. The highest BCUT2D eigenvalue weighted by Gasteiger charge is 2.27. The first-order valence-corrected chi connectivity index (χ1v) is 8.60. The standard InChI is InChI=1S/C17H31N3O5/c1-16(2,3)24-14(22)18-10-13(21)20-9-7-8-12(11-20)19-15(23)25-17(4,5)6/h12H,7-11H2,1-6H3,(H,18,22)(H,19,23)/t12-/m0/s1. The predicted octanol–water partition coefficient (Wildman–Crippen LogP) is 2.03. The van der Waals surface area contributed by atoms with Gasteiger partial charge in [0.15, 0.2) is 0 Å². The molecule has 0 aromatic heterocycles. The van der Waals surface area contributed by atoms with Gasteiger partial charge in [-0.25, -0.2) is 9.59 Å². The second-order valence-corrected chi connectivity index (χ2v) is 8.18. The zero-order chi connectivity index (χ0) is 19.3. The Kier molecular flexibility index (Phi) is 7.07. The second-order valence-electron chi connectivity index (χ2n) is 8.18. The first-order chi connectivity index (χ1) is 11.4. The lowest BCUT2D eigenvalue weighted by atomic mass is 10.1. The van der Waals surface area contributed by atoms with Crippen molar-refractivity contribution in [2.75, 3.05) is 19.6 Å². The molecule has 1 saturated heterocycles. The van der Waals surface area contributed by atoms with Crippen LogP contribution in [0.15, 0.2) is 0 Å². The highest BCUT2D eigenvalue weighted by Crippen LogP contribution is 2.12. The number of nitrogens with zero attached hydrogens (tertiary/aromatic N) is 1. The van der Waals surface area contributed by atoms with E-state index in [0.29, 0.717) is 13.1 Å². The predicted molar refractivity (Wildman–Crippen MR) is 93.2 cm³/mol. The summed E-state index contributed by atoms with van der Waals surface area (Å²) in [6, 6.07) is -0.158. The fraction of sp³-hybridized carbons (Fsp3) is 0.824. The first-order valence-electron chi connectivity index (χ1n) is 8.60. The molecule has 0 spiro atoms. The molecule has 1 rings (SSSR count). The summed E-state index contributed by atoms with van der Waals surface area (Å²) in [6.07, 6.45) is 0.446. The van der Waals surface area contributed by atoms with Crippen LogP contribution in [0.1, 0.15) is 54.4 Å². The third-order valence-electron chi connectivity index (χ3n) is 3.28. The summed E-state index contributed by atoms with van der Waals surface area (Å²) < 4.78 is 10.3. The van der Waals surface area contributed by atoms with Crippen molar-refractivity contribution in [3.05, 3.63) is 0 Å². The zero-order valence-corrected chi connectivity index (χ0v) is 16.1. The molecule has 25 heavy (non-hydrogen) atoms. The van der Waals surface area contributed by atoms with E-state index in [1.165, 1.54) is 0 Å². The minimum atomic E-state index is -0.624. The number of alkyl carbamates (subject to hydrolysis) is 2. The van der Waals surface area contributed by atoms with Crippen molar-refractivity contribution in [3.8, 4) is 0 Å². The maximum absolute atomic E-state index is 12.2. The van der Waals surface area contributed by atoms with Crippen LogP contribution in [0.2, 0.25) is 0 Å². The smallest absolute Gasteiger partial charge is 0.408 e. The Balaban J connectivity index is 2.42. The Morgan fingerprint density at radius 3 is 2.12 bits per heavy atom. The molecule has 8 nitrogen and oxygen atoms in total. The third-order valence-corrected chi connectivity index (χ3v) is 3.28. The lowest BCUT2D eigenvalue weighted by molar-refractivity contribution is -0.131. The minimum absolute atomic E-state index is 0.131. The number of carbonyl (C=O) groups is 3. The topological polar surface area (TPSA) is 97.0 Å². The van der Waals surface area contributed by atoms with Crippen molar-refractivity contribution in [2.24, 2.45) is 0 Å². The third kappa shape index (κ3) is 9.16. The maximum atomic E-state index is 12.2. The van der Waals surface area contributed by atoms with Crippen molar-refractivity contribution < 1.29 is 23.9 Å². The van der Waals surface area contributed by atoms with E-state index >= 15 is 0 Å². The number of ether oxygens (including phenoxy) is 2. The molecule has 144 valence electrons. The van der Waals surface area contributed by atoms with Gasteiger partial charge >= 0.3 is 12.2 Å². The number of nitrogens with one attached hydrogen (secondary N) is 2. The lowest BCUT2D eigenvalue weighted by Gasteiger charge is -2.33. The van der Waals surface area contributed by atoms with Gasteiger partial charge in [-0.2, -0.15) is 0 Å². The molecule has 0 unspecified atom stereocenters. The quantitative estimate of drug-likeness (QED) is 0.805. The number of carbonyl (C=O) groups excluding carboxylic acids is 3. The zero-order valence-electron chi connectivity index (χ0n) is 16.1. The van der Waals surface area contributed by atoms with Crippen molar-refractivity contribution in [3.63, 3.8) is 0 Å². The van der Waals surface area contributed by atoms with Crippen molar-refractivity contribution in [1.29, 1.82) is 0 Å². The fourth-order valence-electron chi connectivity index (χ4n) is 2.37. The molecule has 0 radical (unpaired) electrons. The Hall–Kier alpha value is -1.99. The van der Waals surface area contributed by atoms with Crippen LogP contribution in [0.3, 0.4) is 0 Å². The van der Waals surface area contributed by atoms with E-state index in [-0.39, 0.29) is 18.5 Å². The molecule has 1 aliphatic heterocycles. The molecule has 0 saturated carbocycles. The summed E-state index contributed by atoms with van der Waals surface area (Å²) in [6.45, 7) is 11.5. The van der Waals surface area contributed by atoms with Gasteiger partial charge in [-0.1, -0.05) is 0 Å². The molecule has 0 bridgehead atoms. The van der Waals surface area contributed by atoms with Crippen LogP contribution < -0.4 is 10.6 Å². The average molecular weight is 357 g/mol. The number of piperidine rings is 1. The van der Waals surface area contributed by atoms with Crippen LogP contribution in [0.5, 0.6) is 0 Å². The van der Waals surface area contributed by atoms with E-state index in [2.05, 4.69) is 10.6 Å². The van der Waals surface area contributed by atoms with Gasteiger partial charge in [0.05, 0.1) is 0 Å². The van der Waals surface area contributed by atoms with E-state index in [1.807, 2.05) is 0 Å². The fourth-order valence-corrected chi connectivity index (χ4v) is 2.37. The first kappa shape index (κ1) is 21.1. The van der Waals surface area contributed by atoms with E-state index in [0.717, 1.165) is 12.8 Å².